The van der Waals surface area contributed by atoms with Gasteiger partial charge in [0.2, 0.25) is 0 Å². The lowest BCUT2D eigenvalue weighted by Gasteiger charge is -2.13. The highest BCUT2D eigenvalue weighted by Crippen LogP contribution is 2.22. The Morgan fingerprint density at radius 1 is 1.05 bits per heavy atom. The summed E-state index contributed by atoms with van der Waals surface area (Å²) in [5.41, 5.74) is 2.00. The molecule has 1 rings (SSSR count). The van der Waals surface area contributed by atoms with Gasteiger partial charge in [-0.15, -0.1) is 0 Å². The summed E-state index contributed by atoms with van der Waals surface area (Å²) < 4.78 is 0. The molecule has 0 saturated heterocycles. The average Bonchev–Trinajstić information content (AvgIpc) is 2.50. The number of thiocarbonyl (C=S) groups is 1. The van der Waals surface area contributed by atoms with E-state index in [1.165, 1.54) is 51.4 Å². The van der Waals surface area contributed by atoms with Crippen molar-refractivity contribution in [2.24, 2.45) is 0 Å². The molecule has 124 valence electrons. The highest BCUT2D eigenvalue weighted by Gasteiger charge is 2.03. The van der Waals surface area contributed by atoms with Gasteiger partial charge in [0.15, 0.2) is 5.11 Å². The van der Waals surface area contributed by atoms with Gasteiger partial charge >= 0.3 is 0 Å². The first-order chi connectivity index (χ1) is 10.6. The van der Waals surface area contributed by atoms with E-state index in [0.29, 0.717) is 5.11 Å². The lowest BCUT2D eigenvalue weighted by molar-refractivity contribution is 0.573. The van der Waals surface area contributed by atoms with Crippen molar-refractivity contribution in [3.8, 4) is 0 Å². The average molecular weight is 341 g/mol. The largest absolute Gasteiger partial charge is 0.362 e. The first kappa shape index (κ1) is 19.2. The normalized spacial score (nSPS) is 10.5. The molecule has 0 fully saturated rings. The maximum Gasteiger partial charge on any atom is 0.170 e. The minimum Gasteiger partial charge on any atom is -0.362 e. The molecule has 0 amide bonds. The van der Waals surface area contributed by atoms with Gasteiger partial charge in [0.1, 0.15) is 0 Å². The van der Waals surface area contributed by atoms with Crippen LogP contribution in [0.25, 0.3) is 0 Å². The number of anilines is 1. The minimum absolute atomic E-state index is 0.674. The van der Waals surface area contributed by atoms with Gasteiger partial charge in [-0.1, -0.05) is 69.5 Å². The van der Waals surface area contributed by atoms with Crippen molar-refractivity contribution < 1.29 is 0 Å². The zero-order valence-electron chi connectivity index (χ0n) is 13.9. The SMILES string of the molecule is CCCCCCCCCCNC(=S)Nc1cccc(Cl)c1C. The van der Waals surface area contributed by atoms with E-state index in [-0.39, 0.29) is 0 Å². The molecule has 1 aromatic carbocycles. The molecule has 0 aliphatic heterocycles. The Bertz CT molecular complexity index is 449. The first-order valence-corrected chi connectivity index (χ1v) is 9.23. The second-order valence-corrected chi connectivity index (χ2v) is 6.58. The summed E-state index contributed by atoms with van der Waals surface area (Å²) in [5, 5.41) is 7.91. The van der Waals surface area contributed by atoms with Gasteiger partial charge in [0, 0.05) is 17.3 Å². The van der Waals surface area contributed by atoms with Crippen LogP contribution >= 0.6 is 23.8 Å². The van der Waals surface area contributed by atoms with Crippen LogP contribution in [0.5, 0.6) is 0 Å². The predicted molar refractivity (Wildman–Crippen MR) is 103 cm³/mol. The van der Waals surface area contributed by atoms with Crippen LogP contribution in [0.3, 0.4) is 0 Å². The predicted octanol–water partition coefficient (Wildman–Crippen LogP) is 6.08. The summed E-state index contributed by atoms with van der Waals surface area (Å²) in [6.45, 7) is 5.18. The third kappa shape index (κ3) is 8.00. The molecule has 4 heteroatoms. The van der Waals surface area contributed by atoms with E-state index in [4.69, 9.17) is 23.8 Å². The van der Waals surface area contributed by atoms with E-state index < -0.39 is 0 Å². The van der Waals surface area contributed by atoms with E-state index in [9.17, 15) is 0 Å². The minimum atomic E-state index is 0.674. The van der Waals surface area contributed by atoms with Crippen molar-refractivity contribution in [2.45, 2.75) is 65.2 Å². The van der Waals surface area contributed by atoms with Gasteiger partial charge in [0.25, 0.3) is 0 Å². The molecule has 2 nitrogen and oxygen atoms in total. The Kier molecular flexibility index (Phi) is 10.3. The quantitative estimate of drug-likeness (QED) is 0.399. The molecule has 0 aliphatic rings. The lowest BCUT2D eigenvalue weighted by atomic mass is 10.1. The van der Waals surface area contributed by atoms with E-state index >= 15 is 0 Å². The van der Waals surface area contributed by atoms with Crippen LogP contribution in [0, 0.1) is 6.92 Å². The lowest BCUT2D eigenvalue weighted by Crippen LogP contribution is -2.29. The zero-order valence-corrected chi connectivity index (χ0v) is 15.5. The molecule has 0 heterocycles. The molecule has 22 heavy (non-hydrogen) atoms. The van der Waals surface area contributed by atoms with Crippen LogP contribution in [0.1, 0.15) is 63.9 Å². The Morgan fingerprint density at radius 2 is 1.68 bits per heavy atom. The van der Waals surface area contributed by atoms with Crippen molar-refractivity contribution in [3.63, 3.8) is 0 Å². The molecule has 0 atom stereocenters. The van der Waals surface area contributed by atoms with Crippen molar-refractivity contribution in [1.29, 1.82) is 0 Å². The molecule has 0 spiro atoms. The summed E-state index contributed by atoms with van der Waals surface area (Å²) in [6.07, 6.45) is 10.6. The van der Waals surface area contributed by atoms with Gasteiger partial charge in [-0.2, -0.15) is 0 Å². The summed E-state index contributed by atoms with van der Waals surface area (Å²) in [7, 11) is 0. The highest BCUT2D eigenvalue weighted by atomic mass is 35.5. The summed E-state index contributed by atoms with van der Waals surface area (Å²) in [4.78, 5) is 0. The Labute approximate surface area is 146 Å². The van der Waals surface area contributed by atoms with Crippen LogP contribution in [0.4, 0.5) is 5.69 Å². The highest BCUT2D eigenvalue weighted by molar-refractivity contribution is 7.80. The van der Waals surface area contributed by atoms with Gasteiger partial charge < -0.3 is 10.6 Å². The number of halogens is 1. The fourth-order valence-corrected chi connectivity index (χ4v) is 2.76. The van der Waals surface area contributed by atoms with E-state index in [2.05, 4.69) is 17.6 Å². The van der Waals surface area contributed by atoms with Crippen LogP contribution in [-0.4, -0.2) is 11.7 Å². The van der Waals surface area contributed by atoms with Crippen LogP contribution in [-0.2, 0) is 0 Å². The first-order valence-electron chi connectivity index (χ1n) is 8.45. The van der Waals surface area contributed by atoms with Crippen LogP contribution < -0.4 is 10.6 Å². The number of unbranched alkanes of at least 4 members (excludes halogenated alkanes) is 7. The maximum absolute atomic E-state index is 6.10. The van der Waals surface area contributed by atoms with E-state index in [1.54, 1.807) is 0 Å². The van der Waals surface area contributed by atoms with Gasteiger partial charge in [0.05, 0.1) is 0 Å². The topological polar surface area (TPSA) is 24.1 Å². The molecular formula is C18H29ClN2S. The smallest absolute Gasteiger partial charge is 0.170 e. The Morgan fingerprint density at radius 3 is 2.36 bits per heavy atom. The molecule has 0 aliphatic carbocycles. The second kappa shape index (κ2) is 11.7. The standard InChI is InChI=1S/C18H29ClN2S/c1-3-4-5-6-7-8-9-10-14-20-18(22)21-17-13-11-12-16(19)15(17)2/h11-13H,3-10,14H2,1-2H3,(H2,20,21,22). The fourth-order valence-electron chi connectivity index (χ4n) is 2.37. The van der Waals surface area contributed by atoms with E-state index in [0.717, 1.165) is 22.8 Å². The van der Waals surface area contributed by atoms with Gasteiger partial charge in [-0.05, 0) is 43.3 Å². The molecule has 0 unspecified atom stereocenters. The number of rotatable bonds is 10. The van der Waals surface area contributed by atoms with Crippen molar-refractivity contribution in [1.82, 2.24) is 5.32 Å². The van der Waals surface area contributed by atoms with Gasteiger partial charge in [-0.3, -0.25) is 0 Å². The molecule has 0 aromatic heterocycles. The van der Waals surface area contributed by atoms with Crippen molar-refractivity contribution in [3.05, 3.63) is 28.8 Å². The number of benzene rings is 1. The zero-order chi connectivity index (χ0) is 16.2. The molecule has 1 aromatic rings. The maximum atomic E-state index is 6.10. The molecule has 2 N–H and O–H groups in total. The Balaban J connectivity index is 2.08. The monoisotopic (exact) mass is 340 g/mol. The van der Waals surface area contributed by atoms with Crippen molar-refractivity contribution >= 4 is 34.6 Å². The summed E-state index contributed by atoms with van der Waals surface area (Å²) in [6, 6.07) is 5.81. The summed E-state index contributed by atoms with van der Waals surface area (Å²) >= 11 is 11.4. The molecule has 0 saturated carbocycles. The molecule has 0 radical (unpaired) electrons. The van der Waals surface area contributed by atoms with Gasteiger partial charge in [-0.25, -0.2) is 0 Å². The number of hydrogen-bond donors (Lipinski definition) is 2. The number of nitrogens with one attached hydrogen (secondary N) is 2. The molecule has 0 bridgehead atoms. The van der Waals surface area contributed by atoms with Crippen LogP contribution in [0.15, 0.2) is 18.2 Å². The van der Waals surface area contributed by atoms with Crippen LogP contribution in [0.2, 0.25) is 5.02 Å². The molecular weight excluding hydrogens is 312 g/mol. The van der Waals surface area contributed by atoms with Crippen molar-refractivity contribution in [2.75, 3.05) is 11.9 Å². The third-order valence-corrected chi connectivity index (χ3v) is 4.49. The Hall–Kier alpha value is -0.800. The fraction of sp³-hybridized carbons (Fsp3) is 0.611. The number of hydrogen-bond acceptors (Lipinski definition) is 1. The van der Waals surface area contributed by atoms with E-state index in [1.807, 2.05) is 25.1 Å². The third-order valence-electron chi connectivity index (χ3n) is 3.83. The second-order valence-electron chi connectivity index (χ2n) is 5.77. The summed E-state index contributed by atoms with van der Waals surface area (Å²) in [5.74, 6) is 0.